The highest BCUT2D eigenvalue weighted by Gasteiger charge is 2.39. The number of rotatable bonds is 1. The molecule has 1 unspecified atom stereocenters. The molecule has 0 N–H and O–H groups in total. The Labute approximate surface area is 70.3 Å². The molecule has 0 fully saturated rings. The maximum atomic E-state index is 4.20. The SMILES string of the molecule is CN(C)C12N=CN=CC1=NC=N2. The third kappa shape index (κ3) is 0.767. The lowest BCUT2D eigenvalue weighted by Gasteiger charge is -2.29. The number of fused-ring (bicyclic) bond motifs is 1. The van der Waals surface area contributed by atoms with Crippen LogP contribution in [0.2, 0.25) is 0 Å². The van der Waals surface area contributed by atoms with Gasteiger partial charge in [-0.05, 0) is 14.1 Å². The van der Waals surface area contributed by atoms with Crippen molar-refractivity contribution in [3.63, 3.8) is 0 Å². The fourth-order valence-electron chi connectivity index (χ4n) is 1.22. The highest BCUT2D eigenvalue weighted by atomic mass is 15.4. The Morgan fingerprint density at radius 1 is 1.25 bits per heavy atom. The molecule has 2 aliphatic rings. The van der Waals surface area contributed by atoms with Crippen molar-refractivity contribution >= 4 is 24.6 Å². The van der Waals surface area contributed by atoms with Crippen LogP contribution in [0.25, 0.3) is 0 Å². The van der Waals surface area contributed by atoms with Crippen LogP contribution >= 0.6 is 0 Å². The summed E-state index contributed by atoms with van der Waals surface area (Å²) in [6, 6.07) is 0. The molecule has 5 heteroatoms. The summed E-state index contributed by atoms with van der Waals surface area (Å²) in [7, 11) is 3.82. The van der Waals surface area contributed by atoms with Gasteiger partial charge in [0.05, 0.1) is 6.21 Å². The second-order valence-electron chi connectivity index (χ2n) is 2.81. The molecule has 0 amide bonds. The van der Waals surface area contributed by atoms with Crippen LogP contribution in [0.1, 0.15) is 0 Å². The van der Waals surface area contributed by atoms with Gasteiger partial charge in [0.2, 0.25) is 0 Å². The van der Waals surface area contributed by atoms with Crippen molar-refractivity contribution in [3.05, 3.63) is 0 Å². The smallest absolute Gasteiger partial charge is 0.255 e. The summed E-state index contributed by atoms with van der Waals surface area (Å²) in [6.45, 7) is 0. The second kappa shape index (κ2) is 2.31. The molecule has 0 bridgehead atoms. The van der Waals surface area contributed by atoms with E-state index < -0.39 is 5.79 Å². The van der Waals surface area contributed by atoms with E-state index in [1.54, 1.807) is 6.21 Å². The summed E-state index contributed by atoms with van der Waals surface area (Å²) >= 11 is 0. The van der Waals surface area contributed by atoms with Gasteiger partial charge < -0.3 is 0 Å². The van der Waals surface area contributed by atoms with E-state index in [4.69, 9.17) is 0 Å². The van der Waals surface area contributed by atoms with Crippen LogP contribution in [-0.4, -0.2) is 49.4 Å². The average molecular weight is 163 g/mol. The number of nitrogens with zero attached hydrogens (tertiary/aromatic N) is 5. The van der Waals surface area contributed by atoms with E-state index in [0.29, 0.717) is 0 Å². The molecule has 2 aliphatic heterocycles. The molecular formula is C7H9N5. The van der Waals surface area contributed by atoms with Gasteiger partial charge in [-0.15, -0.1) is 0 Å². The predicted octanol–water partition coefficient (Wildman–Crippen LogP) is -0.203. The van der Waals surface area contributed by atoms with E-state index in [9.17, 15) is 0 Å². The second-order valence-corrected chi connectivity index (χ2v) is 2.81. The lowest BCUT2D eigenvalue weighted by molar-refractivity contribution is 0.257. The first-order valence-corrected chi connectivity index (χ1v) is 3.62. The normalized spacial score (nSPS) is 31.1. The number of hydrogen-bond acceptors (Lipinski definition) is 5. The summed E-state index contributed by atoms with van der Waals surface area (Å²) in [5.74, 6) is -0.637. The highest BCUT2D eigenvalue weighted by Crippen LogP contribution is 2.22. The number of aliphatic imine (C=N–C) groups is 4. The summed E-state index contributed by atoms with van der Waals surface area (Å²) in [5.41, 5.74) is 0.773. The van der Waals surface area contributed by atoms with Crippen LogP contribution in [0.5, 0.6) is 0 Å². The lowest BCUT2D eigenvalue weighted by atomic mass is 10.2. The first-order chi connectivity index (χ1) is 5.76. The molecule has 1 atom stereocenters. The topological polar surface area (TPSA) is 52.7 Å². The van der Waals surface area contributed by atoms with Crippen molar-refractivity contribution in [1.82, 2.24) is 4.90 Å². The molecule has 0 saturated carbocycles. The van der Waals surface area contributed by atoms with Gasteiger partial charge in [-0.25, -0.2) is 20.0 Å². The Morgan fingerprint density at radius 2 is 2.00 bits per heavy atom. The molecule has 12 heavy (non-hydrogen) atoms. The molecule has 2 rings (SSSR count). The summed E-state index contributed by atoms with van der Waals surface area (Å²) in [4.78, 5) is 18.3. The van der Waals surface area contributed by atoms with Crippen molar-refractivity contribution in [2.45, 2.75) is 5.79 Å². The van der Waals surface area contributed by atoms with Gasteiger partial charge in [0.1, 0.15) is 18.4 Å². The van der Waals surface area contributed by atoms with E-state index in [1.165, 1.54) is 12.7 Å². The quantitative estimate of drug-likeness (QED) is 0.528. The molecule has 0 spiro atoms. The van der Waals surface area contributed by atoms with Gasteiger partial charge in [0, 0.05) is 0 Å². The van der Waals surface area contributed by atoms with Gasteiger partial charge in [0.15, 0.2) is 0 Å². The van der Waals surface area contributed by atoms with Crippen molar-refractivity contribution in [3.8, 4) is 0 Å². The van der Waals surface area contributed by atoms with Gasteiger partial charge in [-0.3, -0.25) is 4.90 Å². The zero-order valence-corrected chi connectivity index (χ0v) is 6.97. The Balaban J connectivity index is 2.47. The van der Waals surface area contributed by atoms with Gasteiger partial charge in [0.25, 0.3) is 5.79 Å². The van der Waals surface area contributed by atoms with Crippen LogP contribution in [0, 0.1) is 0 Å². The maximum Gasteiger partial charge on any atom is 0.255 e. The van der Waals surface area contributed by atoms with Crippen molar-refractivity contribution in [2.75, 3.05) is 14.1 Å². The molecule has 0 aromatic heterocycles. The third-order valence-electron chi connectivity index (χ3n) is 1.90. The summed E-state index contributed by atoms with van der Waals surface area (Å²) in [5, 5.41) is 0. The zero-order valence-electron chi connectivity index (χ0n) is 6.97. The van der Waals surface area contributed by atoms with Gasteiger partial charge >= 0.3 is 0 Å². The van der Waals surface area contributed by atoms with Crippen LogP contribution in [0.15, 0.2) is 20.0 Å². The minimum atomic E-state index is -0.637. The van der Waals surface area contributed by atoms with E-state index in [-0.39, 0.29) is 0 Å². The molecule has 0 aromatic carbocycles. The van der Waals surface area contributed by atoms with Gasteiger partial charge in [-0.2, -0.15) is 0 Å². The molecule has 0 radical (unpaired) electrons. The molecule has 0 aromatic rings. The first kappa shape index (κ1) is 7.30. The molecule has 5 nitrogen and oxygen atoms in total. The fraction of sp³-hybridized carbons (Fsp3) is 0.429. The number of hydrogen-bond donors (Lipinski definition) is 0. The minimum absolute atomic E-state index is 0.637. The molecule has 0 aliphatic carbocycles. The third-order valence-corrected chi connectivity index (χ3v) is 1.90. The standard InChI is InChI=1S/C7H9N5/c1-12(2)7-6(9-5-11-7)3-8-4-10-7/h3-5H,1-2H3. The Kier molecular flexibility index (Phi) is 1.41. The zero-order chi connectivity index (χ0) is 8.60. The Hall–Kier alpha value is -1.36. The van der Waals surface area contributed by atoms with Crippen LogP contribution < -0.4 is 0 Å². The summed E-state index contributed by atoms with van der Waals surface area (Å²) in [6.07, 6.45) is 4.70. The van der Waals surface area contributed by atoms with E-state index >= 15 is 0 Å². The van der Waals surface area contributed by atoms with Crippen molar-refractivity contribution in [2.24, 2.45) is 20.0 Å². The predicted molar refractivity (Wildman–Crippen MR) is 49.3 cm³/mol. The Bertz CT molecular complexity index is 312. The maximum absolute atomic E-state index is 4.20. The van der Waals surface area contributed by atoms with Crippen LogP contribution in [0.4, 0.5) is 0 Å². The van der Waals surface area contributed by atoms with Gasteiger partial charge in [-0.1, -0.05) is 0 Å². The lowest BCUT2D eigenvalue weighted by Crippen LogP contribution is -2.48. The summed E-state index contributed by atoms with van der Waals surface area (Å²) < 4.78 is 0. The average Bonchev–Trinajstić information content (AvgIpc) is 2.48. The van der Waals surface area contributed by atoms with Crippen molar-refractivity contribution in [1.29, 1.82) is 0 Å². The van der Waals surface area contributed by atoms with E-state index in [2.05, 4.69) is 20.0 Å². The molecule has 62 valence electrons. The first-order valence-electron chi connectivity index (χ1n) is 3.62. The van der Waals surface area contributed by atoms with Crippen LogP contribution in [0.3, 0.4) is 0 Å². The fourth-order valence-corrected chi connectivity index (χ4v) is 1.22. The monoisotopic (exact) mass is 163 g/mol. The van der Waals surface area contributed by atoms with Crippen LogP contribution in [-0.2, 0) is 0 Å². The minimum Gasteiger partial charge on any atom is -0.261 e. The largest absolute Gasteiger partial charge is 0.261 e. The Morgan fingerprint density at radius 3 is 2.67 bits per heavy atom. The molecular weight excluding hydrogens is 154 g/mol. The van der Waals surface area contributed by atoms with E-state index in [1.807, 2.05) is 19.0 Å². The van der Waals surface area contributed by atoms with E-state index in [0.717, 1.165) is 5.71 Å². The molecule has 0 saturated heterocycles. The molecule has 2 heterocycles. The van der Waals surface area contributed by atoms with Crippen molar-refractivity contribution < 1.29 is 0 Å². The highest BCUT2D eigenvalue weighted by molar-refractivity contribution is 6.39.